The Labute approximate surface area is 138 Å². The maximum absolute atomic E-state index is 12.1. The molecule has 0 atom stereocenters. The van der Waals surface area contributed by atoms with Crippen molar-refractivity contribution < 1.29 is 9.72 Å². The van der Waals surface area contributed by atoms with Crippen LogP contribution in [-0.2, 0) is 6.42 Å². The number of carbonyl (C=O) groups excluding carboxylic acids is 1. The van der Waals surface area contributed by atoms with Gasteiger partial charge in [0.15, 0.2) is 0 Å². The van der Waals surface area contributed by atoms with E-state index in [1.54, 1.807) is 6.07 Å². The van der Waals surface area contributed by atoms with Crippen LogP contribution in [0.25, 0.3) is 10.9 Å². The zero-order chi connectivity index (χ0) is 17.1. The van der Waals surface area contributed by atoms with Gasteiger partial charge in [-0.3, -0.25) is 14.9 Å². The summed E-state index contributed by atoms with van der Waals surface area (Å²) >= 11 is 0. The zero-order valence-corrected chi connectivity index (χ0v) is 13.2. The summed E-state index contributed by atoms with van der Waals surface area (Å²) in [6.45, 7) is 2.50. The van der Waals surface area contributed by atoms with Gasteiger partial charge in [-0.2, -0.15) is 0 Å². The Bertz CT molecular complexity index is 915. The molecule has 6 nitrogen and oxygen atoms in total. The first kappa shape index (κ1) is 15.7. The highest BCUT2D eigenvalue weighted by Gasteiger charge is 2.11. The minimum atomic E-state index is -0.509. The molecule has 2 N–H and O–H groups in total. The van der Waals surface area contributed by atoms with Gasteiger partial charge < -0.3 is 10.3 Å². The SMILES string of the molecule is Cc1ccc2[nH]cc(CCNC(=O)c3cccc([N+](=O)[O-])c3)c2c1. The number of hydrogen-bond donors (Lipinski definition) is 2. The molecule has 24 heavy (non-hydrogen) atoms. The Morgan fingerprint density at radius 1 is 1.25 bits per heavy atom. The van der Waals surface area contributed by atoms with Crippen molar-refractivity contribution in [2.75, 3.05) is 6.54 Å². The molecule has 0 aliphatic rings. The van der Waals surface area contributed by atoms with Crippen LogP contribution in [0.15, 0.2) is 48.7 Å². The molecule has 2 aromatic carbocycles. The third kappa shape index (κ3) is 3.27. The van der Waals surface area contributed by atoms with Crippen molar-refractivity contribution in [1.82, 2.24) is 10.3 Å². The number of carbonyl (C=O) groups is 1. The van der Waals surface area contributed by atoms with E-state index in [0.29, 0.717) is 18.5 Å². The van der Waals surface area contributed by atoms with Crippen molar-refractivity contribution in [3.05, 3.63) is 75.5 Å². The van der Waals surface area contributed by atoms with Crippen molar-refractivity contribution >= 4 is 22.5 Å². The number of rotatable bonds is 5. The van der Waals surface area contributed by atoms with Crippen LogP contribution in [-0.4, -0.2) is 22.4 Å². The van der Waals surface area contributed by atoms with Gasteiger partial charge in [-0.05, 0) is 37.1 Å². The van der Waals surface area contributed by atoms with Crippen LogP contribution < -0.4 is 5.32 Å². The molecular weight excluding hydrogens is 306 g/mol. The summed E-state index contributed by atoms with van der Waals surface area (Å²) in [5.74, 6) is -0.310. The van der Waals surface area contributed by atoms with E-state index in [9.17, 15) is 14.9 Å². The van der Waals surface area contributed by atoms with E-state index >= 15 is 0 Å². The molecule has 0 radical (unpaired) electrons. The number of non-ortho nitro benzene ring substituents is 1. The minimum absolute atomic E-state index is 0.0882. The Morgan fingerprint density at radius 3 is 2.88 bits per heavy atom. The Morgan fingerprint density at radius 2 is 2.08 bits per heavy atom. The number of H-pyrrole nitrogens is 1. The molecule has 3 aromatic rings. The molecule has 0 saturated carbocycles. The molecule has 6 heteroatoms. The number of aromatic amines is 1. The number of amides is 1. The first-order chi connectivity index (χ1) is 11.5. The molecule has 3 rings (SSSR count). The largest absolute Gasteiger partial charge is 0.361 e. The molecule has 0 spiro atoms. The number of nitro groups is 1. The van der Waals surface area contributed by atoms with Crippen LogP contribution in [0, 0.1) is 17.0 Å². The minimum Gasteiger partial charge on any atom is -0.361 e. The fourth-order valence-corrected chi connectivity index (χ4v) is 2.67. The first-order valence-corrected chi connectivity index (χ1v) is 7.64. The lowest BCUT2D eigenvalue weighted by atomic mass is 10.1. The maximum atomic E-state index is 12.1. The van der Waals surface area contributed by atoms with Crippen molar-refractivity contribution in [2.45, 2.75) is 13.3 Å². The second-order valence-electron chi connectivity index (χ2n) is 5.68. The van der Waals surface area contributed by atoms with Gasteiger partial charge in [0.2, 0.25) is 0 Å². The maximum Gasteiger partial charge on any atom is 0.270 e. The van der Waals surface area contributed by atoms with Crippen LogP contribution in [0.5, 0.6) is 0 Å². The summed E-state index contributed by atoms with van der Waals surface area (Å²) in [5, 5.41) is 14.7. The molecule has 0 bridgehead atoms. The van der Waals surface area contributed by atoms with E-state index in [4.69, 9.17) is 0 Å². The number of nitrogens with one attached hydrogen (secondary N) is 2. The number of hydrogen-bond acceptors (Lipinski definition) is 3. The second-order valence-corrected chi connectivity index (χ2v) is 5.68. The third-order valence-corrected chi connectivity index (χ3v) is 3.92. The van der Waals surface area contributed by atoms with Gasteiger partial charge >= 0.3 is 0 Å². The molecule has 0 aliphatic heterocycles. The standard InChI is InChI=1S/C18H17N3O3/c1-12-5-6-17-16(9-12)14(11-20-17)7-8-19-18(22)13-3-2-4-15(10-13)21(23)24/h2-6,9-11,20H,7-8H2,1H3,(H,19,22). The summed E-state index contributed by atoms with van der Waals surface area (Å²) in [4.78, 5) is 25.6. The topological polar surface area (TPSA) is 88.0 Å². The molecule has 0 saturated heterocycles. The summed E-state index contributed by atoms with van der Waals surface area (Å²) in [6, 6.07) is 11.9. The molecule has 0 unspecified atom stereocenters. The van der Waals surface area contributed by atoms with Gasteiger partial charge in [0.05, 0.1) is 4.92 Å². The number of aromatic nitrogens is 1. The lowest BCUT2D eigenvalue weighted by Crippen LogP contribution is -2.25. The van der Waals surface area contributed by atoms with Gasteiger partial charge in [-0.25, -0.2) is 0 Å². The summed E-state index contributed by atoms with van der Waals surface area (Å²) in [6.07, 6.45) is 2.63. The van der Waals surface area contributed by atoms with Gasteiger partial charge in [-0.15, -0.1) is 0 Å². The van der Waals surface area contributed by atoms with Crippen LogP contribution in [0.4, 0.5) is 5.69 Å². The number of fused-ring (bicyclic) bond motifs is 1. The molecule has 0 aliphatic carbocycles. The fourth-order valence-electron chi connectivity index (χ4n) is 2.67. The number of nitrogens with zero attached hydrogens (tertiary/aromatic N) is 1. The van der Waals surface area contributed by atoms with Gasteiger partial charge in [-0.1, -0.05) is 17.7 Å². The highest BCUT2D eigenvalue weighted by Crippen LogP contribution is 2.20. The third-order valence-electron chi connectivity index (χ3n) is 3.92. The molecule has 0 fully saturated rings. The van der Waals surface area contributed by atoms with Gasteiger partial charge in [0, 0.05) is 41.3 Å². The average molecular weight is 323 g/mol. The molecular formula is C18H17N3O3. The Hall–Kier alpha value is -3.15. The monoisotopic (exact) mass is 323 g/mol. The van der Waals surface area contributed by atoms with E-state index in [1.807, 2.05) is 25.3 Å². The Balaban J connectivity index is 1.65. The summed E-state index contributed by atoms with van der Waals surface area (Å²) in [5.41, 5.74) is 3.59. The summed E-state index contributed by atoms with van der Waals surface area (Å²) in [7, 11) is 0. The van der Waals surface area contributed by atoms with Crippen molar-refractivity contribution in [1.29, 1.82) is 0 Å². The highest BCUT2D eigenvalue weighted by atomic mass is 16.6. The van der Waals surface area contributed by atoms with E-state index in [-0.39, 0.29) is 11.6 Å². The van der Waals surface area contributed by atoms with Crippen molar-refractivity contribution in [3.8, 4) is 0 Å². The lowest BCUT2D eigenvalue weighted by molar-refractivity contribution is -0.384. The second kappa shape index (κ2) is 6.54. The van der Waals surface area contributed by atoms with E-state index in [2.05, 4.69) is 16.4 Å². The van der Waals surface area contributed by atoms with E-state index < -0.39 is 4.92 Å². The molecule has 1 heterocycles. The van der Waals surface area contributed by atoms with Crippen molar-refractivity contribution in [3.63, 3.8) is 0 Å². The average Bonchev–Trinajstić information content (AvgIpc) is 2.97. The van der Waals surface area contributed by atoms with E-state index in [1.165, 1.54) is 23.8 Å². The van der Waals surface area contributed by atoms with Crippen LogP contribution in [0.2, 0.25) is 0 Å². The predicted octanol–water partition coefficient (Wildman–Crippen LogP) is 3.36. The predicted molar refractivity (Wildman–Crippen MR) is 92.2 cm³/mol. The van der Waals surface area contributed by atoms with E-state index in [0.717, 1.165) is 16.5 Å². The number of benzene rings is 2. The highest BCUT2D eigenvalue weighted by molar-refractivity contribution is 5.94. The first-order valence-electron chi connectivity index (χ1n) is 7.64. The molecule has 122 valence electrons. The van der Waals surface area contributed by atoms with Crippen LogP contribution >= 0.6 is 0 Å². The summed E-state index contributed by atoms with van der Waals surface area (Å²) < 4.78 is 0. The normalized spacial score (nSPS) is 10.7. The van der Waals surface area contributed by atoms with Crippen LogP contribution in [0.1, 0.15) is 21.5 Å². The van der Waals surface area contributed by atoms with Crippen molar-refractivity contribution in [2.24, 2.45) is 0 Å². The smallest absolute Gasteiger partial charge is 0.270 e. The Kier molecular flexibility index (Phi) is 4.29. The lowest BCUT2D eigenvalue weighted by Gasteiger charge is -2.05. The zero-order valence-electron chi connectivity index (χ0n) is 13.2. The van der Waals surface area contributed by atoms with Crippen LogP contribution in [0.3, 0.4) is 0 Å². The fraction of sp³-hybridized carbons (Fsp3) is 0.167. The van der Waals surface area contributed by atoms with Gasteiger partial charge in [0.25, 0.3) is 11.6 Å². The van der Waals surface area contributed by atoms with Gasteiger partial charge in [0.1, 0.15) is 0 Å². The molecule has 1 aromatic heterocycles. The number of aryl methyl sites for hydroxylation is 1. The number of nitro benzene ring substituents is 1. The molecule has 1 amide bonds. The quantitative estimate of drug-likeness (QED) is 0.557.